The standard InChI is InChI=1S/C11H12NO/c1-2-7-12-10-6-4-3-5-9(10)8-11(12)13/h3-6H,1-2,7-8H2. The molecule has 0 fully saturated rings. The lowest BCUT2D eigenvalue weighted by atomic mass is 10.2. The highest BCUT2D eigenvalue weighted by Crippen LogP contribution is 2.28. The highest BCUT2D eigenvalue weighted by Gasteiger charge is 2.25. The largest absolute Gasteiger partial charge is 0.312 e. The van der Waals surface area contributed by atoms with Crippen LogP contribution in [0, 0.1) is 6.92 Å². The van der Waals surface area contributed by atoms with Crippen LogP contribution in [0.4, 0.5) is 5.69 Å². The fourth-order valence-corrected chi connectivity index (χ4v) is 1.72. The van der Waals surface area contributed by atoms with Crippen molar-refractivity contribution in [2.24, 2.45) is 0 Å². The van der Waals surface area contributed by atoms with Crippen molar-refractivity contribution in [2.75, 3.05) is 11.4 Å². The first-order valence-electron chi connectivity index (χ1n) is 4.50. The van der Waals surface area contributed by atoms with Crippen molar-refractivity contribution in [2.45, 2.75) is 12.8 Å². The van der Waals surface area contributed by atoms with E-state index in [1.54, 1.807) is 0 Å². The van der Waals surface area contributed by atoms with Gasteiger partial charge in [0.2, 0.25) is 5.91 Å². The van der Waals surface area contributed by atoms with E-state index in [1.807, 2.05) is 29.2 Å². The molecule has 0 saturated carbocycles. The number of para-hydroxylation sites is 1. The second-order valence-corrected chi connectivity index (χ2v) is 3.20. The van der Waals surface area contributed by atoms with Gasteiger partial charge in [0, 0.05) is 12.2 Å². The van der Waals surface area contributed by atoms with Crippen LogP contribution < -0.4 is 4.90 Å². The van der Waals surface area contributed by atoms with Crippen molar-refractivity contribution < 1.29 is 4.79 Å². The summed E-state index contributed by atoms with van der Waals surface area (Å²) in [5, 5.41) is 0. The summed E-state index contributed by atoms with van der Waals surface area (Å²) in [5.74, 6) is 0.199. The van der Waals surface area contributed by atoms with Crippen molar-refractivity contribution >= 4 is 11.6 Å². The molecule has 0 aromatic heterocycles. The number of benzene rings is 1. The molecule has 0 bridgehead atoms. The molecule has 2 nitrogen and oxygen atoms in total. The maximum Gasteiger partial charge on any atom is 0.231 e. The number of hydrogen-bond donors (Lipinski definition) is 0. The maximum atomic E-state index is 11.5. The molecular weight excluding hydrogens is 162 g/mol. The molecule has 0 saturated heterocycles. The predicted octanol–water partition coefficient (Wildman–Crippen LogP) is 1.80. The van der Waals surface area contributed by atoms with Gasteiger partial charge in [0.15, 0.2) is 0 Å². The fraction of sp³-hybridized carbons (Fsp3) is 0.273. The number of hydrogen-bond acceptors (Lipinski definition) is 1. The van der Waals surface area contributed by atoms with Crippen LogP contribution >= 0.6 is 0 Å². The van der Waals surface area contributed by atoms with Crippen LogP contribution in [-0.2, 0) is 11.2 Å². The number of nitrogens with zero attached hydrogens (tertiary/aromatic N) is 1. The van der Waals surface area contributed by atoms with E-state index in [-0.39, 0.29) is 5.91 Å². The number of carbonyl (C=O) groups excluding carboxylic acids is 1. The first kappa shape index (κ1) is 8.30. The topological polar surface area (TPSA) is 20.3 Å². The molecule has 0 aliphatic carbocycles. The van der Waals surface area contributed by atoms with E-state index in [2.05, 4.69) is 6.92 Å². The Hall–Kier alpha value is -1.31. The summed E-state index contributed by atoms with van der Waals surface area (Å²) in [6.45, 7) is 4.49. The molecule has 1 aromatic carbocycles. The van der Waals surface area contributed by atoms with Crippen LogP contribution in [0.25, 0.3) is 0 Å². The van der Waals surface area contributed by atoms with Crippen molar-refractivity contribution in [3.05, 3.63) is 36.8 Å². The van der Waals surface area contributed by atoms with Crippen molar-refractivity contribution in [1.82, 2.24) is 0 Å². The molecule has 67 valence electrons. The van der Waals surface area contributed by atoms with Gasteiger partial charge in [0.25, 0.3) is 0 Å². The quantitative estimate of drug-likeness (QED) is 0.669. The van der Waals surface area contributed by atoms with E-state index in [0.29, 0.717) is 6.42 Å². The summed E-state index contributed by atoms with van der Waals surface area (Å²) in [6, 6.07) is 7.94. The third-order valence-electron chi connectivity index (χ3n) is 2.31. The van der Waals surface area contributed by atoms with Gasteiger partial charge < -0.3 is 4.90 Å². The lowest BCUT2D eigenvalue weighted by molar-refractivity contribution is -0.117. The van der Waals surface area contributed by atoms with Gasteiger partial charge in [-0.1, -0.05) is 25.1 Å². The summed E-state index contributed by atoms with van der Waals surface area (Å²) in [7, 11) is 0. The monoisotopic (exact) mass is 174 g/mol. The number of carbonyl (C=O) groups is 1. The zero-order valence-electron chi connectivity index (χ0n) is 7.49. The highest BCUT2D eigenvalue weighted by molar-refractivity contribution is 6.01. The smallest absolute Gasteiger partial charge is 0.231 e. The fourth-order valence-electron chi connectivity index (χ4n) is 1.72. The van der Waals surface area contributed by atoms with E-state index >= 15 is 0 Å². The van der Waals surface area contributed by atoms with Gasteiger partial charge in [-0.15, -0.1) is 0 Å². The van der Waals surface area contributed by atoms with E-state index in [0.717, 1.165) is 24.2 Å². The van der Waals surface area contributed by atoms with Crippen molar-refractivity contribution in [1.29, 1.82) is 0 Å². The summed E-state index contributed by atoms with van der Waals surface area (Å²) < 4.78 is 0. The van der Waals surface area contributed by atoms with Crippen molar-refractivity contribution in [3.63, 3.8) is 0 Å². The molecule has 2 rings (SSSR count). The van der Waals surface area contributed by atoms with E-state index in [9.17, 15) is 4.79 Å². The zero-order chi connectivity index (χ0) is 9.26. The molecule has 1 aliphatic heterocycles. The molecule has 0 atom stereocenters. The van der Waals surface area contributed by atoms with Gasteiger partial charge in [-0.3, -0.25) is 4.79 Å². The van der Waals surface area contributed by atoms with Crippen LogP contribution in [0.3, 0.4) is 0 Å². The molecule has 2 heteroatoms. The first-order valence-corrected chi connectivity index (χ1v) is 4.50. The average Bonchev–Trinajstić information content (AvgIpc) is 2.44. The average molecular weight is 174 g/mol. The van der Waals surface area contributed by atoms with E-state index in [1.165, 1.54) is 0 Å². The first-order chi connectivity index (χ1) is 6.33. The molecule has 0 N–H and O–H groups in total. The minimum atomic E-state index is 0.199. The molecule has 1 amide bonds. The molecular formula is C11H12NO. The molecule has 0 spiro atoms. The highest BCUT2D eigenvalue weighted by atomic mass is 16.2. The third-order valence-corrected chi connectivity index (χ3v) is 2.31. The van der Waals surface area contributed by atoms with Gasteiger partial charge in [0.05, 0.1) is 6.42 Å². The minimum absolute atomic E-state index is 0.199. The van der Waals surface area contributed by atoms with Crippen molar-refractivity contribution in [3.8, 4) is 0 Å². The Labute approximate surface area is 78.2 Å². The van der Waals surface area contributed by atoms with Crippen LogP contribution in [0.2, 0.25) is 0 Å². The maximum absolute atomic E-state index is 11.5. The number of rotatable bonds is 2. The van der Waals surface area contributed by atoms with Gasteiger partial charge in [-0.2, -0.15) is 0 Å². The minimum Gasteiger partial charge on any atom is -0.312 e. The Bertz CT molecular complexity index is 333. The molecule has 0 unspecified atom stereocenters. The Morgan fingerprint density at radius 3 is 2.92 bits per heavy atom. The predicted molar refractivity (Wildman–Crippen MR) is 52.5 cm³/mol. The molecule has 1 radical (unpaired) electrons. The second-order valence-electron chi connectivity index (χ2n) is 3.20. The Kier molecular flexibility index (Phi) is 2.05. The number of fused-ring (bicyclic) bond motifs is 1. The van der Waals surface area contributed by atoms with E-state index in [4.69, 9.17) is 0 Å². The third kappa shape index (κ3) is 1.32. The molecule has 1 aromatic rings. The van der Waals surface area contributed by atoms with Gasteiger partial charge in [0.1, 0.15) is 0 Å². The molecule has 13 heavy (non-hydrogen) atoms. The number of amides is 1. The summed E-state index contributed by atoms with van der Waals surface area (Å²) in [6.07, 6.45) is 1.32. The number of anilines is 1. The van der Waals surface area contributed by atoms with Gasteiger partial charge in [-0.05, 0) is 18.1 Å². The zero-order valence-corrected chi connectivity index (χ0v) is 7.49. The summed E-state index contributed by atoms with van der Waals surface area (Å²) >= 11 is 0. The van der Waals surface area contributed by atoms with Crippen LogP contribution in [0.15, 0.2) is 24.3 Å². The second kappa shape index (κ2) is 3.21. The van der Waals surface area contributed by atoms with Crippen LogP contribution in [-0.4, -0.2) is 12.5 Å². The normalized spacial score (nSPS) is 14.8. The lowest BCUT2D eigenvalue weighted by Crippen LogP contribution is -2.27. The Morgan fingerprint density at radius 1 is 1.38 bits per heavy atom. The Morgan fingerprint density at radius 2 is 2.15 bits per heavy atom. The van der Waals surface area contributed by atoms with Gasteiger partial charge in [-0.25, -0.2) is 0 Å². The lowest BCUT2D eigenvalue weighted by Gasteiger charge is -2.15. The van der Waals surface area contributed by atoms with Crippen LogP contribution in [0.5, 0.6) is 0 Å². The SMILES string of the molecule is [CH2]CCN1C(=O)Cc2ccccc21. The molecule has 1 heterocycles. The van der Waals surface area contributed by atoms with Gasteiger partial charge >= 0.3 is 0 Å². The van der Waals surface area contributed by atoms with E-state index < -0.39 is 0 Å². The summed E-state index contributed by atoms with van der Waals surface area (Å²) in [5.41, 5.74) is 2.21. The Balaban J connectivity index is 2.35. The molecule has 1 aliphatic rings. The van der Waals surface area contributed by atoms with Crippen LogP contribution in [0.1, 0.15) is 12.0 Å². The summed E-state index contributed by atoms with van der Waals surface area (Å²) in [4.78, 5) is 13.3.